The second-order valence-electron chi connectivity index (χ2n) is 8.87. The first-order chi connectivity index (χ1) is 8.64. The Morgan fingerprint density at radius 2 is 1.42 bits per heavy atom. The fourth-order valence-corrected chi connectivity index (χ4v) is 4.55. The van der Waals surface area contributed by atoms with Crippen molar-refractivity contribution in [2.75, 3.05) is 6.54 Å². The Bertz CT molecular complexity index is 324. The van der Waals surface area contributed by atoms with Gasteiger partial charge in [0.25, 0.3) is 0 Å². The van der Waals surface area contributed by atoms with Crippen molar-refractivity contribution in [1.82, 2.24) is 0 Å². The molecule has 0 amide bonds. The van der Waals surface area contributed by atoms with E-state index in [0.717, 1.165) is 32.1 Å². The highest BCUT2D eigenvalue weighted by Crippen LogP contribution is 2.56. The van der Waals surface area contributed by atoms with Crippen LogP contribution in [0, 0.1) is 16.2 Å². The van der Waals surface area contributed by atoms with Crippen LogP contribution in [0.5, 0.6) is 0 Å². The van der Waals surface area contributed by atoms with Crippen molar-refractivity contribution in [3.05, 3.63) is 0 Å². The summed E-state index contributed by atoms with van der Waals surface area (Å²) in [6, 6.07) is 0. The molecule has 0 aromatic rings. The Morgan fingerprint density at radius 3 is 1.89 bits per heavy atom. The van der Waals surface area contributed by atoms with Crippen LogP contribution in [-0.2, 0) is 0 Å². The zero-order valence-corrected chi connectivity index (χ0v) is 13.4. The molecular formula is C17H33NO. The molecule has 2 fully saturated rings. The molecule has 1 atom stereocenters. The Morgan fingerprint density at radius 1 is 0.842 bits per heavy atom. The first-order valence-electron chi connectivity index (χ1n) is 8.06. The van der Waals surface area contributed by atoms with E-state index in [1.165, 1.54) is 19.3 Å². The molecule has 2 nitrogen and oxygen atoms in total. The summed E-state index contributed by atoms with van der Waals surface area (Å²) in [6.45, 7) is 9.95. The minimum atomic E-state index is -0.528. The van der Waals surface area contributed by atoms with Gasteiger partial charge in [0.15, 0.2) is 0 Å². The molecule has 1 unspecified atom stereocenters. The maximum absolute atomic E-state index is 11.4. The van der Waals surface area contributed by atoms with Crippen molar-refractivity contribution in [3.8, 4) is 0 Å². The van der Waals surface area contributed by atoms with Crippen LogP contribution in [0.1, 0.15) is 79.1 Å². The van der Waals surface area contributed by atoms with Crippen molar-refractivity contribution >= 4 is 0 Å². The molecule has 0 radical (unpaired) electrons. The Hall–Kier alpha value is -0.0800. The van der Waals surface area contributed by atoms with Gasteiger partial charge < -0.3 is 10.8 Å². The lowest BCUT2D eigenvalue weighted by Gasteiger charge is -2.56. The van der Waals surface area contributed by atoms with E-state index in [1.807, 2.05) is 0 Å². The Labute approximate surface area is 119 Å². The summed E-state index contributed by atoms with van der Waals surface area (Å²) in [5, 5.41) is 11.4. The Balaban J connectivity index is 2.21. The topological polar surface area (TPSA) is 46.2 Å². The first kappa shape index (κ1) is 15.3. The number of nitrogens with two attached hydrogens (primary N) is 1. The maximum atomic E-state index is 11.4. The normalized spacial score (nSPS) is 36.9. The van der Waals surface area contributed by atoms with Crippen molar-refractivity contribution in [1.29, 1.82) is 0 Å². The Kier molecular flexibility index (Phi) is 3.81. The third kappa shape index (κ3) is 2.85. The van der Waals surface area contributed by atoms with E-state index in [9.17, 15) is 5.11 Å². The van der Waals surface area contributed by atoms with Crippen LogP contribution in [-0.4, -0.2) is 17.3 Å². The van der Waals surface area contributed by atoms with Crippen LogP contribution in [0.4, 0.5) is 0 Å². The molecule has 0 saturated heterocycles. The average Bonchev–Trinajstić information content (AvgIpc) is 2.27. The minimum absolute atomic E-state index is 0.0276. The highest BCUT2D eigenvalue weighted by molar-refractivity contribution is 5.06. The number of aliphatic hydroxyl groups is 1. The lowest BCUT2D eigenvalue weighted by molar-refractivity contribution is -0.153. The molecule has 0 bridgehead atoms. The van der Waals surface area contributed by atoms with E-state index in [4.69, 9.17) is 5.73 Å². The molecule has 2 aliphatic rings. The lowest BCUT2D eigenvalue weighted by atomic mass is 9.52. The zero-order chi connectivity index (χ0) is 14.4. The van der Waals surface area contributed by atoms with E-state index in [1.54, 1.807) is 0 Å². The standard InChI is InChI=1S/C17H33NO/c1-14(2)8-10-16(13-18,11-9-14)17(19)7-5-6-15(3,4)12-17/h19H,5-13,18H2,1-4H3. The van der Waals surface area contributed by atoms with E-state index >= 15 is 0 Å². The van der Waals surface area contributed by atoms with Crippen molar-refractivity contribution in [2.24, 2.45) is 22.0 Å². The summed E-state index contributed by atoms with van der Waals surface area (Å²) in [6.07, 6.45) is 8.87. The van der Waals surface area contributed by atoms with Gasteiger partial charge in [0.2, 0.25) is 0 Å². The second kappa shape index (κ2) is 4.73. The van der Waals surface area contributed by atoms with E-state index in [0.29, 0.717) is 12.0 Å². The molecule has 2 aliphatic carbocycles. The molecule has 112 valence electrons. The van der Waals surface area contributed by atoms with Gasteiger partial charge in [-0.15, -0.1) is 0 Å². The highest BCUT2D eigenvalue weighted by Gasteiger charge is 2.54. The molecule has 2 heteroatoms. The second-order valence-corrected chi connectivity index (χ2v) is 8.87. The summed E-state index contributed by atoms with van der Waals surface area (Å²) in [4.78, 5) is 0. The van der Waals surface area contributed by atoms with Gasteiger partial charge in [0.1, 0.15) is 0 Å². The summed E-state index contributed by atoms with van der Waals surface area (Å²) >= 11 is 0. The molecule has 0 aliphatic heterocycles. The van der Waals surface area contributed by atoms with Gasteiger partial charge in [-0.05, 0) is 55.8 Å². The van der Waals surface area contributed by atoms with Gasteiger partial charge in [-0.25, -0.2) is 0 Å². The smallest absolute Gasteiger partial charge is 0.0720 e. The molecule has 3 N–H and O–H groups in total. The van der Waals surface area contributed by atoms with Gasteiger partial charge in [0.05, 0.1) is 5.60 Å². The van der Waals surface area contributed by atoms with Gasteiger partial charge in [0, 0.05) is 12.0 Å². The van der Waals surface area contributed by atoms with Crippen LogP contribution in [0.3, 0.4) is 0 Å². The molecule has 2 saturated carbocycles. The summed E-state index contributed by atoms with van der Waals surface area (Å²) in [5.41, 5.74) is 6.31. The first-order valence-corrected chi connectivity index (χ1v) is 8.06. The summed E-state index contributed by atoms with van der Waals surface area (Å²) < 4.78 is 0. The monoisotopic (exact) mass is 267 g/mol. The SMILES string of the molecule is CC1(C)CCC(CN)(C2(O)CCCC(C)(C)C2)CC1. The molecule has 0 aromatic heterocycles. The molecule has 0 heterocycles. The fraction of sp³-hybridized carbons (Fsp3) is 1.00. The molecular weight excluding hydrogens is 234 g/mol. The van der Waals surface area contributed by atoms with Crippen LogP contribution < -0.4 is 5.73 Å². The maximum Gasteiger partial charge on any atom is 0.0720 e. The average molecular weight is 267 g/mol. The van der Waals surface area contributed by atoms with Crippen LogP contribution >= 0.6 is 0 Å². The summed E-state index contributed by atoms with van der Waals surface area (Å²) in [5.74, 6) is 0. The number of rotatable bonds is 2. The number of hydrogen-bond acceptors (Lipinski definition) is 2. The van der Waals surface area contributed by atoms with Crippen LogP contribution in [0.25, 0.3) is 0 Å². The van der Waals surface area contributed by atoms with Crippen LogP contribution in [0.15, 0.2) is 0 Å². The van der Waals surface area contributed by atoms with Gasteiger partial charge in [-0.3, -0.25) is 0 Å². The molecule has 19 heavy (non-hydrogen) atoms. The highest BCUT2D eigenvalue weighted by atomic mass is 16.3. The minimum Gasteiger partial charge on any atom is -0.389 e. The molecule has 0 spiro atoms. The van der Waals surface area contributed by atoms with E-state index < -0.39 is 5.60 Å². The fourth-order valence-electron chi connectivity index (χ4n) is 4.55. The predicted molar refractivity (Wildman–Crippen MR) is 80.9 cm³/mol. The number of hydrogen-bond donors (Lipinski definition) is 2. The lowest BCUT2D eigenvalue weighted by Crippen LogP contribution is -2.58. The molecule has 0 aromatic carbocycles. The van der Waals surface area contributed by atoms with Gasteiger partial charge in [-0.1, -0.05) is 34.1 Å². The van der Waals surface area contributed by atoms with Gasteiger partial charge >= 0.3 is 0 Å². The third-order valence-corrected chi connectivity index (χ3v) is 6.15. The molecule has 2 rings (SSSR count). The van der Waals surface area contributed by atoms with Crippen molar-refractivity contribution in [3.63, 3.8) is 0 Å². The predicted octanol–water partition coefficient (Wildman–Crippen LogP) is 3.86. The van der Waals surface area contributed by atoms with E-state index in [2.05, 4.69) is 27.7 Å². The van der Waals surface area contributed by atoms with Crippen molar-refractivity contribution in [2.45, 2.75) is 84.7 Å². The summed E-state index contributed by atoms with van der Waals surface area (Å²) in [7, 11) is 0. The van der Waals surface area contributed by atoms with Crippen molar-refractivity contribution < 1.29 is 5.11 Å². The quantitative estimate of drug-likeness (QED) is 0.798. The largest absolute Gasteiger partial charge is 0.389 e. The zero-order valence-electron chi connectivity index (χ0n) is 13.4. The van der Waals surface area contributed by atoms with E-state index in [-0.39, 0.29) is 10.8 Å². The van der Waals surface area contributed by atoms with Crippen LogP contribution in [0.2, 0.25) is 0 Å². The third-order valence-electron chi connectivity index (χ3n) is 6.15. The van der Waals surface area contributed by atoms with Gasteiger partial charge in [-0.2, -0.15) is 0 Å².